The highest BCUT2D eigenvalue weighted by Gasteiger charge is 2.30. The molecular weight excluding hydrogens is 285 g/mol. The molecule has 0 unspecified atom stereocenters. The van der Waals surface area contributed by atoms with Gasteiger partial charge in [-0.3, -0.25) is 4.79 Å². The minimum Gasteiger partial charge on any atom is -0.267 e. The van der Waals surface area contributed by atoms with E-state index in [4.69, 9.17) is 18.1 Å². The van der Waals surface area contributed by atoms with Gasteiger partial charge in [0.05, 0.1) is 4.91 Å². The number of rotatable bonds is 1. The van der Waals surface area contributed by atoms with Gasteiger partial charge in [0.15, 0.2) is 16.0 Å². The molecule has 0 aromatic heterocycles. The minimum atomic E-state index is -1.30. The molecule has 18 heavy (non-hydrogen) atoms. The molecule has 1 heterocycles. The van der Waals surface area contributed by atoms with Gasteiger partial charge in [-0.05, 0) is 12.1 Å². The molecule has 1 fully saturated rings. The van der Waals surface area contributed by atoms with Crippen LogP contribution in [0.4, 0.5) is 13.2 Å². The van der Waals surface area contributed by atoms with Crippen LogP contribution in [0.25, 0.3) is 6.08 Å². The zero-order valence-corrected chi connectivity index (χ0v) is 10.2. The van der Waals surface area contributed by atoms with Gasteiger partial charge in [-0.25, -0.2) is 24.0 Å². The van der Waals surface area contributed by atoms with Crippen LogP contribution in [-0.2, 0) is 4.79 Å². The first-order valence-corrected chi connectivity index (χ1v) is 5.80. The Labute approximate surface area is 109 Å². The maximum Gasteiger partial charge on any atom is 0.280 e. The Kier molecular flexibility index (Phi) is 3.42. The summed E-state index contributed by atoms with van der Waals surface area (Å²) < 4.78 is 39.1. The molecule has 1 saturated heterocycles. The van der Waals surface area contributed by atoms with Crippen molar-refractivity contribution in [2.24, 2.45) is 5.84 Å². The molecule has 1 aliphatic rings. The summed E-state index contributed by atoms with van der Waals surface area (Å²) in [6.07, 6.45) is 1.07. The van der Waals surface area contributed by atoms with E-state index in [9.17, 15) is 18.0 Å². The van der Waals surface area contributed by atoms with Gasteiger partial charge in [0.1, 0.15) is 5.82 Å². The Morgan fingerprint density at radius 3 is 2.39 bits per heavy atom. The molecule has 0 spiro atoms. The number of hydrazine groups is 1. The van der Waals surface area contributed by atoms with E-state index in [1.807, 2.05) is 0 Å². The summed E-state index contributed by atoms with van der Waals surface area (Å²) in [6, 6.07) is 1.07. The van der Waals surface area contributed by atoms with Crippen molar-refractivity contribution in [2.75, 3.05) is 0 Å². The maximum atomic E-state index is 13.4. The van der Waals surface area contributed by atoms with E-state index < -0.39 is 23.4 Å². The Morgan fingerprint density at radius 1 is 1.22 bits per heavy atom. The van der Waals surface area contributed by atoms with E-state index in [0.29, 0.717) is 12.1 Å². The number of nitrogens with zero attached hydrogens (tertiary/aromatic N) is 1. The van der Waals surface area contributed by atoms with Gasteiger partial charge < -0.3 is 0 Å². The van der Waals surface area contributed by atoms with Crippen molar-refractivity contribution >= 4 is 40.3 Å². The van der Waals surface area contributed by atoms with Crippen LogP contribution in [0.5, 0.6) is 0 Å². The molecule has 0 atom stereocenters. The highest BCUT2D eigenvalue weighted by Crippen LogP contribution is 2.31. The first-order chi connectivity index (χ1) is 8.40. The Bertz CT molecular complexity index is 589. The number of hydrogen-bond donors (Lipinski definition) is 1. The first-order valence-electron chi connectivity index (χ1n) is 4.57. The molecule has 0 radical (unpaired) electrons. The van der Waals surface area contributed by atoms with Gasteiger partial charge in [-0.1, -0.05) is 24.0 Å². The number of carbonyl (C=O) groups excluding carboxylic acids is 1. The molecule has 0 bridgehead atoms. The van der Waals surface area contributed by atoms with Crippen LogP contribution in [0.2, 0.25) is 0 Å². The number of carbonyl (C=O) groups is 1. The fraction of sp³-hybridized carbons (Fsp3) is 0. The third-order valence-corrected chi connectivity index (χ3v) is 3.48. The van der Waals surface area contributed by atoms with Crippen molar-refractivity contribution in [3.05, 3.63) is 40.1 Å². The van der Waals surface area contributed by atoms with Crippen molar-refractivity contribution in [1.82, 2.24) is 5.01 Å². The largest absolute Gasteiger partial charge is 0.280 e. The third kappa shape index (κ3) is 2.26. The van der Waals surface area contributed by atoms with Crippen molar-refractivity contribution < 1.29 is 18.0 Å². The molecule has 3 nitrogen and oxygen atoms in total. The second-order valence-electron chi connectivity index (χ2n) is 3.34. The fourth-order valence-corrected chi connectivity index (χ4v) is 2.36. The molecule has 94 valence electrons. The van der Waals surface area contributed by atoms with Crippen LogP contribution >= 0.6 is 24.0 Å². The summed E-state index contributed by atoms with van der Waals surface area (Å²) in [4.78, 5) is 11.6. The Morgan fingerprint density at radius 2 is 1.83 bits per heavy atom. The van der Waals surface area contributed by atoms with Gasteiger partial charge in [-0.2, -0.15) is 0 Å². The zero-order valence-electron chi connectivity index (χ0n) is 8.62. The van der Waals surface area contributed by atoms with Crippen LogP contribution in [0.15, 0.2) is 17.0 Å². The van der Waals surface area contributed by atoms with Crippen molar-refractivity contribution in [3.63, 3.8) is 0 Å². The van der Waals surface area contributed by atoms with Crippen LogP contribution in [0.3, 0.4) is 0 Å². The van der Waals surface area contributed by atoms with Crippen LogP contribution in [0, 0.1) is 17.5 Å². The second kappa shape index (κ2) is 4.71. The van der Waals surface area contributed by atoms with Crippen LogP contribution in [0.1, 0.15) is 5.56 Å². The van der Waals surface area contributed by atoms with E-state index in [2.05, 4.69) is 0 Å². The third-order valence-electron chi connectivity index (χ3n) is 2.15. The molecule has 1 aromatic rings. The zero-order chi connectivity index (χ0) is 13.4. The molecule has 0 saturated carbocycles. The second-order valence-corrected chi connectivity index (χ2v) is 5.02. The molecular formula is C10H5F3N2OS2. The molecule has 0 aliphatic carbocycles. The first kappa shape index (κ1) is 13.1. The number of hydrogen-bond acceptors (Lipinski definition) is 4. The van der Waals surface area contributed by atoms with Crippen LogP contribution < -0.4 is 5.84 Å². The van der Waals surface area contributed by atoms with E-state index in [1.54, 1.807) is 0 Å². The summed E-state index contributed by atoms with van der Waals surface area (Å²) in [5.74, 6) is 1.22. The standard InChI is InChI=1S/C10H5F3N2OS2/c11-5-3-7(13)6(12)1-4(5)2-8-9(16)15(14)10(17)18-8/h1-3H,14H2/b8-2+. The maximum absolute atomic E-state index is 13.4. The summed E-state index contributed by atoms with van der Waals surface area (Å²) in [7, 11) is 0. The van der Waals surface area contributed by atoms with Crippen molar-refractivity contribution in [2.45, 2.75) is 0 Å². The highest BCUT2D eigenvalue weighted by atomic mass is 32.2. The minimum absolute atomic E-state index is 0.0485. The number of benzene rings is 1. The van der Waals surface area contributed by atoms with Gasteiger partial charge >= 0.3 is 0 Å². The molecule has 2 N–H and O–H groups in total. The van der Waals surface area contributed by atoms with E-state index in [1.165, 1.54) is 0 Å². The monoisotopic (exact) mass is 290 g/mol. The molecule has 2 rings (SSSR count). The highest BCUT2D eigenvalue weighted by molar-refractivity contribution is 8.26. The lowest BCUT2D eigenvalue weighted by Gasteiger charge is -2.03. The van der Waals surface area contributed by atoms with E-state index in [0.717, 1.165) is 22.8 Å². The smallest absolute Gasteiger partial charge is 0.267 e. The number of amides is 1. The normalized spacial score (nSPS) is 18.0. The lowest BCUT2D eigenvalue weighted by atomic mass is 10.2. The topological polar surface area (TPSA) is 46.3 Å². The van der Waals surface area contributed by atoms with Crippen molar-refractivity contribution in [3.8, 4) is 0 Å². The van der Waals surface area contributed by atoms with Crippen molar-refractivity contribution in [1.29, 1.82) is 0 Å². The van der Waals surface area contributed by atoms with Gasteiger partial charge in [-0.15, -0.1) is 0 Å². The number of nitrogens with two attached hydrogens (primary N) is 1. The predicted octanol–water partition coefficient (Wildman–Crippen LogP) is 2.18. The Hall–Kier alpha value is -1.38. The molecule has 1 amide bonds. The molecule has 1 aromatic carbocycles. The predicted molar refractivity (Wildman–Crippen MR) is 65.5 cm³/mol. The quantitative estimate of drug-likeness (QED) is 0.283. The summed E-state index contributed by atoms with van der Waals surface area (Å²) in [5, 5.41) is 0.726. The number of thioether (sulfide) groups is 1. The van der Waals surface area contributed by atoms with Gasteiger partial charge in [0.2, 0.25) is 0 Å². The SMILES string of the molecule is NN1C(=O)/C(=C\c2cc(F)c(F)cc2F)SC1=S. The number of halogens is 3. The molecule has 1 aliphatic heterocycles. The summed E-state index contributed by atoms with van der Waals surface area (Å²) >= 11 is 5.62. The fourth-order valence-electron chi connectivity index (χ4n) is 1.27. The summed E-state index contributed by atoms with van der Waals surface area (Å²) in [6.45, 7) is 0. The average Bonchev–Trinajstić information content (AvgIpc) is 2.54. The summed E-state index contributed by atoms with van der Waals surface area (Å²) in [5.41, 5.74) is -0.247. The molecule has 8 heteroatoms. The van der Waals surface area contributed by atoms with Gasteiger partial charge in [0, 0.05) is 11.6 Å². The number of thiocarbonyl (C=S) groups is 1. The van der Waals surface area contributed by atoms with E-state index >= 15 is 0 Å². The lowest BCUT2D eigenvalue weighted by Crippen LogP contribution is -2.34. The average molecular weight is 290 g/mol. The van der Waals surface area contributed by atoms with Crippen LogP contribution in [-0.4, -0.2) is 15.2 Å². The Balaban J connectivity index is 2.43. The van der Waals surface area contributed by atoms with E-state index in [-0.39, 0.29) is 14.8 Å². The lowest BCUT2D eigenvalue weighted by molar-refractivity contribution is -0.122. The van der Waals surface area contributed by atoms with Gasteiger partial charge in [0.25, 0.3) is 5.91 Å².